The smallest absolute Gasteiger partial charge is 0.282 e. The fraction of sp³-hybridized carbons (Fsp3) is 0.111. The average Bonchev–Trinajstić information content (AvgIpc) is 2.92. The maximum atomic E-state index is 14.0. The average molecular weight is 398 g/mol. The van der Waals surface area contributed by atoms with Gasteiger partial charge in [-0.15, -0.1) is 0 Å². The van der Waals surface area contributed by atoms with Gasteiger partial charge in [0.05, 0.1) is 16.3 Å². The zero-order valence-corrected chi connectivity index (χ0v) is 14.6. The van der Waals surface area contributed by atoms with Crippen molar-refractivity contribution < 1.29 is 22.4 Å². The summed E-state index contributed by atoms with van der Waals surface area (Å²) < 4.78 is 54.9. The molecule has 1 aromatic heterocycles. The summed E-state index contributed by atoms with van der Waals surface area (Å²) in [6, 6.07) is 7.13. The highest BCUT2D eigenvalue weighted by Gasteiger charge is 2.30. The van der Waals surface area contributed by atoms with Crippen molar-refractivity contribution in [1.82, 2.24) is 9.78 Å². The van der Waals surface area contributed by atoms with Gasteiger partial charge in [-0.05, 0) is 35.4 Å². The largest absolute Gasteiger partial charge is 0.365 e. The molecule has 9 heteroatoms. The van der Waals surface area contributed by atoms with Crippen molar-refractivity contribution in [2.24, 2.45) is 12.8 Å². The van der Waals surface area contributed by atoms with Gasteiger partial charge in [0.2, 0.25) is 0 Å². The molecular formula is C18H12ClF4N3O. The zero-order chi connectivity index (χ0) is 19.9. The van der Waals surface area contributed by atoms with Crippen LogP contribution >= 0.6 is 11.6 Å². The number of rotatable bonds is 4. The van der Waals surface area contributed by atoms with E-state index in [1.54, 1.807) is 0 Å². The second-order valence-electron chi connectivity index (χ2n) is 5.71. The van der Waals surface area contributed by atoms with Crippen LogP contribution in [0.15, 0.2) is 36.4 Å². The Morgan fingerprint density at radius 1 is 1.15 bits per heavy atom. The summed E-state index contributed by atoms with van der Waals surface area (Å²) in [6.07, 6.45) is -3.05. The van der Waals surface area contributed by atoms with Crippen LogP contribution in [0, 0.1) is 11.6 Å². The highest BCUT2D eigenvalue weighted by molar-refractivity contribution is 6.34. The minimum absolute atomic E-state index is 0.0814. The van der Waals surface area contributed by atoms with Gasteiger partial charge in [-0.2, -0.15) is 5.10 Å². The molecule has 0 unspecified atom stereocenters. The Morgan fingerprint density at radius 2 is 1.78 bits per heavy atom. The molecule has 1 heterocycles. The van der Waals surface area contributed by atoms with Crippen molar-refractivity contribution in [2.75, 3.05) is 0 Å². The number of hydrogen-bond acceptors (Lipinski definition) is 2. The number of halogens is 5. The first-order valence-electron chi connectivity index (χ1n) is 7.61. The molecule has 0 saturated heterocycles. The third-order valence-corrected chi connectivity index (χ3v) is 4.27. The maximum absolute atomic E-state index is 14.0. The van der Waals surface area contributed by atoms with E-state index in [9.17, 15) is 22.4 Å². The van der Waals surface area contributed by atoms with Crippen molar-refractivity contribution >= 4 is 17.5 Å². The summed E-state index contributed by atoms with van der Waals surface area (Å²) in [4.78, 5) is 11.9. The fourth-order valence-corrected chi connectivity index (χ4v) is 3.19. The number of benzene rings is 2. The van der Waals surface area contributed by atoms with Gasteiger partial charge in [-0.1, -0.05) is 23.7 Å². The molecule has 140 valence electrons. The molecule has 0 bridgehead atoms. The summed E-state index contributed by atoms with van der Waals surface area (Å²) in [7, 11) is 1.34. The van der Waals surface area contributed by atoms with Crippen LogP contribution in [0.1, 0.15) is 22.5 Å². The van der Waals surface area contributed by atoms with Crippen LogP contribution in [-0.2, 0) is 7.05 Å². The lowest BCUT2D eigenvalue weighted by Gasteiger charge is -2.14. The molecule has 3 rings (SSSR count). The lowest BCUT2D eigenvalue weighted by atomic mass is 9.94. The first kappa shape index (κ1) is 18.9. The topological polar surface area (TPSA) is 60.9 Å². The molecule has 0 radical (unpaired) electrons. The Bertz CT molecular complexity index is 1030. The Morgan fingerprint density at radius 3 is 2.33 bits per heavy atom. The van der Waals surface area contributed by atoms with E-state index in [-0.39, 0.29) is 21.8 Å². The van der Waals surface area contributed by atoms with E-state index in [0.29, 0.717) is 5.56 Å². The minimum atomic E-state index is -3.05. The molecule has 1 amide bonds. The number of aromatic nitrogens is 2. The second kappa shape index (κ2) is 7.03. The fourth-order valence-electron chi connectivity index (χ4n) is 2.90. The summed E-state index contributed by atoms with van der Waals surface area (Å²) in [5.74, 6) is -2.33. The number of aryl methyl sites for hydroxylation is 1. The van der Waals surface area contributed by atoms with Crippen molar-refractivity contribution in [3.05, 3.63) is 64.3 Å². The van der Waals surface area contributed by atoms with Crippen LogP contribution in [0.4, 0.5) is 17.6 Å². The van der Waals surface area contributed by atoms with E-state index >= 15 is 0 Å². The van der Waals surface area contributed by atoms with E-state index in [1.165, 1.54) is 19.2 Å². The number of carbonyl (C=O) groups excluding carboxylic acids is 1. The van der Waals surface area contributed by atoms with Crippen molar-refractivity contribution in [3.8, 4) is 22.4 Å². The summed E-state index contributed by atoms with van der Waals surface area (Å²) in [6.45, 7) is 0. The van der Waals surface area contributed by atoms with E-state index < -0.39 is 35.2 Å². The summed E-state index contributed by atoms with van der Waals surface area (Å²) >= 11 is 6.19. The van der Waals surface area contributed by atoms with Crippen LogP contribution in [0.2, 0.25) is 5.02 Å². The number of hydrogen-bond donors (Lipinski definition) is 1. The van der Waals surface area contributed by atoms with Crippen LogP contribution in [0.5, 0.6) is 0 Å². The standard InChI is InChI=1S/C18H12ClF4N3O/c1-26-16(14(18(24)27)15(25-26)17(22)23)13-11(6-10(21)7-12(13)19)8-2-4-9(20)5-3-8/h2-7,17H,1H3,(H2,24,27). The molecular weight excluding hydrogens is 386 g/mol. The molecule has 0 aliphatic heterocycles. The maximum Gasteiger partial charge on any atom is 0.282 e. The number of primary amides is 1. The van der Waals surface area contributed by atoms with Crippen molar-refractivity contribution in [1.29, 1.82) is 0 Å². The number of alkyl halides is 2. The Labute approximate surface area is 156 Å². The Kier molecular flexibility index (Phi) is 4.93. The highest BCUT2D eigenvalue weighted by Crippen LogP contribution is 2.41. The quantitative estimate of drug-likeness (QED) is 0.647. The number of nitrogens with zero attached hydrogens (tertiary/aromatic N) is 2. The predicted molar refractivity (Wildman–Crippen MR) is 92.5 cm³/mol. The van der Waals surface area contributed by atoms with Gasteiger partial charge < -0.3 is 5.73 Å². The SMILES string of the molecule is Cn1nc(C(F)F)c(C(N)=O)c1-c1c(Cl)cc(F)cc1-c1ccc(F)cc1. The molecule has 0 atom stereocenters. The van der Waals surface area contributed by atoms with Crippen LogP contribution in [-0.4, -0.2) is 15.7 Å². The third kappa shape index (κ3) is 3.40. The van der Waals surface area contributed by atoms with Gasteiger partial charge in [-0.3, -0.25) is 9.48 Å². The molecule has 2 N–H and O–H groups in total. The minimum Gasteiger partial charge on any atom is -0.365 e. The molecule has 0 fully saturated rings. The Hall–Kier alpha value is -2.87. The molecule has 0 spiro atoms. The van der Waals surface area contributed by atoms with Crippen LogP contribution < -0.4 is 5.73 Å². The molecule has 0 aliphatic carbocycles. The van der Waals surface area contributed by atoms with E-state index in [2.05, 4.69) is 5.10 Å². The van der Waals surface area contributed by atoms with Crippen molar-refractivity contribution in [3.63, 3.8) is 0 Å². The molecule has 2 aromatic carbocycles. The summed E-state index contributed by atoms with van der Waals surface area (Å²) in [5, 5.41) is 3.54. The third-order valence-electron chi connectivity index (χ3n) is 3.97. The predicted octanol–water partition coefficient (Wildman–Crippen LogP) is 4.72. The van der Waals surface area contributed by atoms with Crippen LogP contribution in [0.25, 0.3) is 22.4 Å². The van der Waals surface area contributed by atoms with Gasteiger partial charge >= 0.3 is 0 Å². The van der Waals surface area contributed by atoms with Gasteiger partial charge in [-0.25, -0.2) is 17.6 Å². The van der Waals surface area contributed by atoms with Gasteiger partial charge in [0, 0.05) is 12.6 Å². The van der Waals surface area contributed by atoms with Gasteiger partial charge in [0.15, 0.2) is 0 Å². The van der Waals surface area contributed by atoms with Gasteiger partial charge in [0.1, 0.15) is 17.3 Å². The first-order valence-corrected chi connectivity index (χ1v) is 7.98. The lowest BCUT2D eigenvalue weighted by Crippen LogP contribution is -2.14. The lowest BCUT2D eigenvalue weighted by molar-refractivity contribution is 0.0985. The van der Waals surface area contributed by atoms with Crippen LogP contribution in [0.3, 0.4) is 0 Å². The van der Waals surface area contributed by atoms with Crippen molar-refractivity contribution in [2.45, 2.75) is 6.43 Å². The monoisotopic (exact) mass is 397 g/mol. The molecule has 0 aliphatic rings. The molecule has 0 saturated carbocycles. The van der Waals surface area contributed by atoms with Gasteiger partial charge in [0.25, 0.3) is 12.3 Å². The number of nitrogens with two attached hydrogens (primary N) is 1. The van der Waals surface area contributed by atoms with E-state index in [1.807, 2.05) is 0 Å². The summed E-state index contributed by atoms with van der Waals surface area (Å²) in [5.41, 5.74) is 4.53. The molecule has 3 aromatic rings. The second-order valence-corrected chi connectivity index (χ2v) is 6.12. The number of amides is 1. The molecule has 4 nitrogen and oxygen atoms in total. The highest BCUT2D eigenvalue weighted by atomic mass is 35.5. The normalized spacial score (nSPS) is 11.2. The Balaban J connectivity index is 2.39. The molecule has 27 heavy (non-hydrogen) atoms. The van der Waals surface area contributed by atoms with E-state index in [0.717, 1.165) is 28.9 Å². The van der Waals surface area contributed by atoms with E-state index in [4.69, 9.17) is 17.3 Å². The number of carbonyl (C=O) groups is 1. The zero-order valence-electron chi connectivity index (χ0n) is 13.8. The first-order chi connectivity index (χ1) is 12.7.